The first kappa shape index (κ1) is 12.7. The molecule has 0 aromatic carbocycles. The summed E-state index contributed by atoms with van der Waals surface area (Å²) in [5, 5.41) is 17.0. The number of aromatic nitrogens is 4. The molecule has 2 aromatic rings. The van der Waals surface area contributed by atoms with Crippen LogP contribution in [0.25, 0.3) is 0 Å². The molecule has 0 aliphatic rings. The number of aliphatic hydroxyl groups excluding tert-OH is 1. The highest BCUT2D eigenvalue weighted by Crippen LogP contribution is 2.06. The molecule has 1 N–H and O–H groups in total. The molecule has 2 aromatic heterocycles. The van der Waals surface area contributed by atoms with E-state index < -0.39 is 0 Å². The molecule has 0 radical (unpaired) electrons. The van der Waals surface area contributed by atoms with E-state index in [-0.39, 0.29) is 6.61 Å². The Labute approximate surface area is 106 Å². The van der Waals surface area contributed by atoms with E-state index in [2.05, 4.69) is 20.1 Å². The lowest BCUT2D eigenvalue weighted by molar-refractivity contribution is 0.180. The summed E-state index contributed by atoms with van der Waals surface area (Å²) >= 11 is 0. The minimum absolute atomic E-state index is 0.123. The Balaban J connectivity index is 2.02. The molecule has 0 unspecified atom stereocenters. The van der Waals surface area contributed by atoms with Crippen LogP contribution in [0.5, 0.6) is 0 Å². The quantitative estimate of drug-likeness (QED) is 0.790. The van der Waals surface area contributed by atoms with E-state index in [9.17, 15) is 0 Å². The molecule has 0 saturated heterocycles. The summed E-state index contributed by atoms with van der Waals surface area (Å²) in [4.78, 5) is 6.20. The molecular weight excluding hydrogens is 230 g/mol. The second-order valence-corrected chi connectivity index (χ2v) is 4.15. The fourth-order valence-corrected chi connectivity index (χ4v) is 1.76. The van der Waals surface area contributed by atoms with Crippen LogP contribution in [0.4, 0.5) is 0 Å². The van der Waals surface area contributed by atoms with Gasteiger partial charge in [0.25, 0.3) is 0 Å². The minimum atomic E-state index is 0.123. The van der Waals surface area contributed by atoms with E-state index in [4.69, 9.17) is 5.11 Å². The summed E-state index contributed by atoms with van der Waals surface area (Å²) in [6.07, 6.45) is 5.26. The average molecular weight is 247 g/mol. The van der Waals surface area contributed by atoms with Crippen molar-refractivity contribution in [1.29, 1.82) is 0 Å². The largest absolute Gasteiger partial charge is 0.395 e. The molecule has 96 valence electrons. The van der Waals surface area contributed by atoms with Crippen molar-refractivity contribution in [2.24, 2.45) is 7.05 Å². The molecule has 0 spiro atoms. The zero-order valence-electron chi connectivity index (χ0n) is 10.4. The first-order chi connectivity index (χ1) is 8.79. The maximum Gasteiger partial charge on any atom is 0.146 e. The third-order valence-corrected chi connectivity index (χ3v) is 2.72. The van der Waals surface area contributed by atoms with Gasteiger partial charge >= 0.3 is 0 Å². The van der Waals surface area contributed by atoms with Crippen LogP contribution in [0, 0.1) is 0 Å². The van der Waals surface area contributed by atoms with Gasteiger partial charge in [-0.25, -0.2) is 0 Å². The van der Waals surface area contributed by atoms with E-state index >= 15 is 0 Å². The van der Waals surface area contributed by atoms with Gasteiger partial charge in [-0.15, -0.1) is 10.2 Å². The monoisotopic (exact) mass is 247 g/mol. The molecule has 0 fully saturated rings. The first-order valence-electron chi connectivity index (χ1n) is 5.84. The van der Waals surface area contributed by atoms with Gasteiger partial charge in [-0.3, -0.25) is 9.88 Å². The van der Waals surface area contributed by atoms with Gasteiger partial charge in [-0.2, -0.15) is 0 Å². The fourth-order valence-electron chi connectivity index (χ4n) is 1.76. The van der Waals surface area contributed by atoms with Gasteiger partial charge in [0, 0.05) is 32.5 Å². The number of aliphatic hydroxyl groups is 1. The van der Waals surface area contributed by atoms with Gasteiger partial charge in [0.2, 0.25) is 0 Å². The normalized spacial score (nSPS) is 11.1. The fraction of sp³-hybridized carbons (Fsp3) is 0.417. The van der Waals surface area contributed by atoms with Crippen molar-refractivity contribution in [1.82, 2.24) is 24.6 Å². The summed E-state index contributed by atoms with van der Waals surface area (Å²) in [5.74, 6) is 0.882. The molecule has 6 nitrogen and oxygen atoms in total. The van der Waals surface area contributed by atoms with Crippen LogP contribution in [0.3, 0.4) is 0 Å². The average Bonchev–Trinajstić information content (AvgIpc) is 2.77. The Kier molecular flexibility index (Phi) is 4.38. The van der Waals surface area contributed by atoms with Crippen molar-refractivity contribution in [2.75, 3.05) is 13.2 Å². The Bertz CT molecular complexity index is 470. The summed E-state index contributed by atoms with van der Waals surface area (Å²) < 4.78 is 1.88. The van der Waals surface area contributed by atoms with E-state index in [0.717, 1.165) is 17.9 Å². The van der Waals surface area contributed by atoms with Crippen LogP contribution in [0.1, 0.15) is 11.4 Å². The first-order valence-corrected chi connectivity index (χ1v) is 5.84. The van der Waals surface area contributed by atoms with Crippen molar-refractivity contribution in [3.05, 3.63) is 42.2 Å². The molecule has 0 bridgehead atoms. The smallest absolute Gasteiger partial charge is 0.146 e. The van der Waals surface area contributed by atoms with Gasteiger partial charge in [0.15, 0.2) is 0 Å². The zero-order valence-corrected chi connectivity index (χ0v) is 10.4. The molecule has 0 aliphatic carbocycles. The van der Waals surface area contributed by atoms with Crippen LogP contribution in [0.2, 0.25) is 0 Å². The van der Waals surface area contributed by atoms with Crippen LogP contribution >= 0.6 is 0 Å². The third-order valence-electron chi connectivity index (χ3n) is 2.72. The molecule has 18 heavy (non-hydrogen) atoms. The Morgan fingerprint density at radius 2 is 2.28 bits per heavy atom. The predicted octanol–water partition coefficient (Wildman–Crippen LogP) is 0.205. The lowest BCUT2D eigenvalue weighted by atomic mass is 10.2. The van der Waals surface area contributed by atoms with Crippen LogP contribution in [-0.4, -0.2) is 42.9 Å². The topological polar surface area (TPSA) is 67.1 Å². The lowest BCUT2D eigenvalue weighted by Gasteiger charge is -2.20. The number of nitrogens with zero attached hydrogens (tertiary/aromatic N) is 5. The summed E-state index contributed by atoms with van der Waals surface area (Å²) in [5.41, 5.74) is 1.12. The van der Waals surface area contributed by atoms with Crippen molar-refractivity contribution < 1.29 is 5.11 Å². The lowest BCUT2D eigenvalue weighted by Crippen LogP contribution is -2.27. The van der Waals surface area contributed by atoms with Crippen LogP contribution < -0.4 is 0 Å². The maximum absolute atomic E-state index is 9.11. The molecular formula is C12H17N5O. The number of aryl methyl sites for hydroxylation is 1. The molecule has 2 heterocycles. The molecule has 0 amide bonds. The molecule has 0 atom stereocenters. The van der Waals surface area contributed by atoms with Gasteiger partial charge in [0.05, 0.1) is 13.2 Å². The summed E-state index contributed by atoms with van der Waals surface area (Å²) in [6.45, 7) is 2.12. The van der Waals surface area contributed by atoms with E-state index in [0.29, 0.717) is 13.1 Å². The van der Waals surface area contributed by atoms with Crippen LogP contribution in [0.15, 0.2) is 30.9 Å². The van der Waals surface area contributed by atoms with E-state index in [1.54, 1.807) is 12.5 Å². The Hall–Kier alpha value is -1.79. The third kappa shape index (κ3) is 3.35. The SMILES string of the molecule is Cn1cnnc1CN(CCO)Cc1cccnc1. The van der Waals surface area contributed by atoms with Gasteiger partial charge < -0.3 is 9.67 Å². The zero-order chi connectivity index (χ0) is 12.8. The standard InChI is InChI=1S/C12H17N5O/c1-16-10-14-15-12(16)9-17(5-6-18)8-11-3-2-4-13-7-11/h2-4,7,10,18H,5-6,8-9H2,1H3. The Morgan fingerprint density at radius 1 is 1.39 bits per heavy atom. The van der Waals surface area contributed by atoms with E-state index in [1.165, 1.54) is 0 Å². The number of pyridine rings is 1. The van der Waals surface area contributed by atoms with E-state index in [1.807, 2.05) is 29.9 Å². The highest BCUT2D eigenvalue weighted by atomic mass is 16.3. The molecule has 2 rings (SSSR count). The highest BCUT2D eigenvalue weighted by molar-refractivity contribution is 5.08. The molecule has 6 heteroatoms. The minimum Gasteiger partial charge on any atom is -0.395 e. The molecule has 0 aliphatic heterocycles. The van der Waals surface area contributed by atoms with Crippen molar-refractivity contribution >= 4 is 0 Å². The predicted molar refractivity (Wildman–Crippen MR) is 66.4 cm³/mol. The van der Waals surface area contributed by atoms with Crippen molar-refractivity contribution in [3.8, 4) is 0 Å². The molecule has 0 saturated carbocycles. The number of rotatable bonds is 6. The van der Waals surface area contributed by atoms with Gasteiger partial charge in [-0.1, -0.05) is 6.07 Å². The van der Waals surface area contributed by atoms with Gasteiger partial charge in [-0.05, 0) is 11.6 Å². The van der Waals surface area contributed by atoms with Crippen molar-refractivity contribution in [3.63, 3.8) is 0 Å². The highest BCUT2D eigenvalue weighted by Gasteiger charge is 2.10. The van der Waals surface area contributed by atoms with Crippen molar-refractivity contribution in [2.45, 2.75) is 13.1 Å². The maximum atomic E-state index is 9.11. The second-order valence-electron chi connectivity index (χ2n) is 4.15. The number of hydrogen-bond acceptors (Lipinski definition) is 5. The summed E-state index contributed by atoms with van der Waals surface area (Å²) in [6, 6.07) is 3.93. The van der Waals surface area contributed by atoms with Gasteiger partial charge in [0.1, 0.15) is 12.2 Å². The van der Waals surface area contributed by atoms with Crippen LogP contribution in [-0.2, 0) is 20.1 Å². The summed E-state index contributed by atoms with van der Waals surface area (Å²) in [7, 11) is 1.91. The number of hydrogen-bond donors (Lipinski definition) is 1. The second kappa shape index (κ2) is 6.23. The Morgan fingerprint density at radius 3 is 2.89 bits per heavy atom.